The summed E-state index contributed by atoms with van der Waals surface area (Å²) in [5, 5.41) is 3.16. The van der Waals surface area contributed by atoms with E-state index in [0.717, 1.165) is 5.56 Å². The predicted octanol–water partition coefficient (Wildman–Crippen LogP) is 5.24. The summed E-state index contributed by atoms with van der Waals surface area (Å²) in [4.78, 5) is 25.3. The molecule has 1 N–H and O–H groups in total. The number of benzene rings is 3. The van der Waals surface area contributed by atoms with Crippen molar-refractivity contribution < 1.29 is 19.1 Å². The first-order chi connectivity index (χ1) is 14.5. The molecule has 3 rings (SSSR count). The fraction of sp³-hybridized carbons (Fsp3) is 0.0833. The standard InChI is InChI=1S/C24H20ClNO4/c1-29-21-12-8-16(14-22(21)30-2)9-13-23(27)26-20-11-10-18(25)15-19(20)24(28)17-6-4-3-5-7-17/h3-15H,1-2H3,(H,26,27)/b13-9+. The molecule has 5 nitrogen and oxygen atoms in total. The summed E-state index contributed by atoms with van der Waals surface area (Å²) < 4.78 is 10.5. The molecule has 0 saturated carbocycles. The van der Waals surface area contributed by atoms with Crippen LogP contribution in [0.5, 0.6) is 11.5 Å². The van der Waals surface area contributed by atoms with Crippen molar-refractivity contribution in [2.75, 3.05) is 19.5 Å². The van der Waals surface area contributed by atoms with Gasteiger partial charge >= 0.3 is 0 Å². The molecule has 0 unspecified atom stereocenters. The van der Waals surface area contributed by atoms with Crippen molar-refractivity contribution in [2.45, 2.75) is 0 Å². The summed E-state index contributed by atoms with van der Waals surface area (Å²) in [6, 6.07) is 18.9. The van der Waals surface area contributed by atoms with E-state index in [1.807, 2.05) is 6.07 Å². The third kappa shape index (κ3) is 5.07. The molecule has 0 heterocycles. The molecule has 0 spiro atoms. The van der Waals surface area contributed by atoms with Crippen LogP contribution in [0.3, 0.4) is 0 Å². The van der Waals surface area contributed by atoms with Crippen LogP contribution in [-0.4, -0.2) is 25.9 Å². The van der Waals surface area contributed by atoms with E-state index < -0.39 is 0 Å². The van der Waals surface area contributed by atoms with Gasteiger partial charge in [0.2, 0.25) is 5.91 Å². The molecule has 0 radical (unpaired) electrons. The highest BCUT2D eigenvalue weighted by Gasteiger charge is 2.15. The molecular formula is C24H20ClNO4. The minimum Gasteiger partial charge on any atom is -0.493 e. The van der Waals surface area contributed by atoms with Gasteiger partial charge in [-0.15, -0.1) is 0 Å². The fourth-order valence-corrected chi connectivity index (χ4v) is 3.03. The third-order valence-electron chi connectivity index (χ3n) is 4.35. The van der Waals surface area contributed by atoms with Gasteiger partial charge in [-0.3, -0.25) is 9.59 Å². The van der Waals surface area contributed by atoms with Crippen molar-refractivity contribution in [3.8, 4) is 11.5 Å². The van der Waals surface area contributed by atoms with Crippen molar-refractivity contribution in [2.24, 2.45) is 0 Å². The number of hydrogen-bond acceptors (Lipinski definition) is 4. The Balaban J connectivity index is 1.80. The molecule has 152 valence electrons. The van der Waals surface area contributed by atoms with Crippen LogP contribution in [-0.2, 0) is 4.79 Å². The zero-order chi connectivity index (χ0) is 21.5. The van der Waals surface area contributed by atoms with Gasteiger partial charge < -0.3 is 14.8 Å². The second-order valence-electron chi connectivity index (χ2n) is 6.32. The van der Waals surface area contributed by atoms with Crippen LogP contribution in [0.4, 0.5) is 5.69 Å². The predicted molar refractivity (Wildman–Crippen MR) is 119 cm³/mol. The summed E-state index contributed by atoms with van der Waals surface area (Å²) >= 11 is 6.08. The molecule has 0 aliphatic rings. The van der Waals surface area contributed by atoms with Gasteiger partial charge in [0.25, 0.3) is 0 Å². The van der Waals surface area contributed by atoms with Crippen LogP contribution in [0.2, 0.25) is 5.02 Å². The minimum absolute atomic E-state index is 0.225. The minimum atomic E-state index is -0.380. The summed E-state index contributed by atoms with van der Waals surface area (Å²) in [7, 11) is 3.10. The molecule has 0 aliphatic heterocycles. The van der Waals surface area contributed by atoms with Gasteiger partial charge in [0.05, 0.1) is 19.9 Å². The molecular weight excluding hydrogens is 402 g/mol. The Labute approximate surface area is 179 Å². The first kappa shape index (κ1) is 21.1. The van der Waals surface area contributed by atoms with Gasteiger partial charge in [0, 0.05) is 22.2 Å². The van der Waals surface area contributed by atoms with Crippen LogP contribution in [0, 0.1) is 0 Å². The molecule has 3 aromatic rings. The Morgan fingerprint density at radius 1 is 0.900 bits per heavy atom. The maximum absolute atomic E-state index is 12.9. The molecule has 6 heteroatoms. The highest BCUT2D eigenvalue weighted by molar-refractivity contribution is 6.31. The van der Waals surface area contributed by atoms with Crippen LogP contribution in [0.15, 0.2) is 72.8 Å². The summed E-state index contributed by atoms with van der Waals surface area (Å²) in [5.41, 5.74) is 1.98. The molecule has 0 aliphatic carbocycles. The maximum Gasteiger partial charge on any atom is 0.248 e. The summed E-state index contributed by atoms with van der Waals surface area (Å²) in [6.07, 6.45) is 3.03. The highest BCUT2D eigenvalue weighted by atomic mass is 35.5. The lowest BCUT2D eigenvalue weighted by molar-refractivity contribution is -0.111. The average Bonchev–Trinajstić information content (AvgIpc) is 2.78. The SMILES string of the molecule is COc1ccc(/C=C/C(=O)Nc2ccc(Cl)cc2C(=O)c2ccccc2)cc1OC. The smallest absolute Gasteiger partial charge is 0.248 e. The van der Waals surface area contributed by atoms with E-state index in [1.165, 1.54) is 6.08 Å². The van der Waals surface area contributed by atoms with Gasteiger partial charge in [-0.2, -0.15) is 0 Å². The van der Waals surface area contributed by atoms with Crippen molar-refractivity contribution in [3.05, 3.63) is 94.5 Å². The summed E-state index contributed by atoms with van der Waals surface area (Å²) in [5.74, 6) is 0.560. The molecule has 0 fully saturated rings. The number of amides is 1. The lowest BCUT2D eigenvalue weighted by Crippen LogP contribution is -2.12. The van der Waals surface area contributed by atoms with E-state index >= 15 is 0 Å². The van der Waals surface area contributed by atoms with E-state index in [2.05, 4.69) is 5.32 Å². The lowest BCUT2D eigenvalue weighted by atomic mass is 10.0. The van der Waals surface area contributed by atoms with Crippen LogP contribution in [0.25, 0.3) is 6.08 Å². The quantitative estimate of drug-likeness (QED) is 0.418. The number of halogens is 1. The van der Waals surface area contributed by atoms with Gasteiger partial charge in [0.15, 0.2) is 17.3 Å². The number of ether oxygens (including phenoxy) is 2. The van der Waals surface area contributed by atoms with Crippen molar-refractivity contribution in [1.82, 2.24) is 0 Å². The number of carbonyl (C=O) groups excluding carboxylic acids is 2. The van der Waals surface area contributed by atoms with Gasteiger partial charge in [-0.05, 0) is 42.0 Å². The lowest BCUT2D eigenvalue weighted by Gasteiger charge is -2.10. The number of carbonyl (C=O) groups is 2. The Morgan fingerprint density at radius 2 is 1.63 bits per heavy atom. The first-order valence-corrected chi connectivity index (χ1v) is 9.50. The van der Waals surface area contributed by atoms with Gasteiger partial charge in [0.1, 0.15) is 0 Å². The van der Waals surface area contributed by atoms with Crippen LogP contribution >= 0.6 is 11.6 Å². The van der Waals surface area contributed by atoms with E-state index in [-0.39, 0.29) is 11.7 Å². The third-order valence-corrected chi connectivity index (χ3v) is 4.59. The zero-order valence-electron chi connectivity index (χ0n) is 16.5. The molecule has 30 heavy (non-hydrogen) atoms. The Bertz CT molecular complexity index is 1090. The molecule has 0 atom stereocenters. The van der Waals surface area contributed by atoms with Crippen LogP contribution < -0.4 is 14.8 Å². The number of hydrogen-bond donors (Lipinski definition) is 1. The number of anilines is 1. The second kappa shape index (κ2) is 9.76. The Kier molecular flexibility index (Phi) is 6.88. The van der Waals surface area contributed by atoms with Crippen molar-refractivity contribution in [1.29, 1.82) is 0 Å². The number of nitrogens with one attached hydrogen (secondary N) is 1. The maximum atomic E-state index is 12.9. The monoisotopic (exact) mass is 421 g/mol. The normalized spacial score (nSPS) is 10.6. The van der Waals surface area contributed by atoms with Crippen molar-refractivity contribution in [3.63, 3.8) is 0 Å². The van der Waals surface area contributed by atoms with E-state index in [4.69, 9.17) is 21.1 Å². The molecule has 0 saturated heterocycles. The average molecular weight is 422 g/mol. The van der Waals surface area contributed by atoms with Crippen LogP contribution in [0.1, 0.15) is 21.5 Å². The molecule has 0 aromatic heterocycles. The summed E-state index contributed by atoms with van der Waals surface area (Å²) in [6.45, 7) is 0. The van der Waals surface area contributed by atoms with E-state index in [1.54, 1.807) is 81.0 Å². The largest absolute Gasteiger partial charge is 0.493 e. The van der Waals surface area contributed by atoms with E-state index in [9.17, 15) is 9.59 Å². The Hall–Kier alpha value is -3.57. The second-order valence-corrected chi connectivity index (χ2v) is 6.76. The van der Waals surface area contributed by atoms with Gasteiger partial charge in [-0.25, -0.2) is 0 Å². The molecule has 0 bridgehead atoms. The number of rotatable bonds is 7. The topological polar surface area (TPSA) is 64.6 Å². The Morgan fingerprint density at radius 3 is 2.33 bits per heavy atom. The fourth-order valence-electron chi connectivity index (χ4n) is 2.86. The number of ketones is 1. The van der Waals surface area contributed by atoms with Crippen molar-refractivity contribution >= 4 is 35.1 Å². The first-order valence-electron chi connectivity index (χ1n) is 9.12. The molecule has 1 amide bonds. The van der Waals surface area contributed by atoms with Gasteiger partial charge in [-0.1, -0.05) is 48.0 Å². The molecule has 3 aromatic carbocycles. The van der Waals surface area contributed by atoms with E-state index in [0.29, 0.717) is 33.3 Å². The number of methoxy groups -OCH3 is 2. The zero-order valence-corrected chi connectivity index (χ0v) is 17.3. The highest BCUT2D eigenvalue weighted by Crippen LogP contribution is 2.28.